The minimum Gasteiger partial charge on any atom is -0.489 e. The molecule has 0 amide bonds. The lowest BCUT2D eigenvalue weighted by Crippen LogP contribution is -1.99. The minimum absolute atomic E-state index is 0.537. The Morgan fingerprint density at radius 3 is 2.43 bits per heavy atom. The van der Waals surface area contributed by atoms with Crippen molar-refractivity contribution in [3.63, 3.8) is 0 Å². The topological polar surface area (TPSA) is 30.7 Å². The first-order chi connectivity index (χ1) is 13.6. The summed E-state index contributed by atoms with van der Waals surface area (Å²) in [6, 6.07) is 20.5. The molecule has 2 aromatic carbocycles. The van der Waals surface area contributed by atoms with Crippen molar-refractivity contribution in [2.45, 2.75) is 27.4 Å². The maximum absolute atomic E-state index is 11.9. The van der Waals surface area contributed by atoms with Crippen LogP contribution in [0.15, 0.2) is 66.9 Å². The highest BCUT2D eigenvalue weighted by molar-refractivity contribution is 5.91. The SMILES string of the molecule is Cc1ccc2cc(-c3cc(C)c(OCc4ccccc4)cc3C)c(C=O)n2c1. The van der Waals surface area contributed by atoms with Crippen molar-refractivity contribution in [3.8, 4) is 16.9 Å². The van der Waals surface area contributed by atoms with E-state index in [2.05, 4.69) is 43.3 Å². The molecular weight excluding hydrogens is 346 g/mol. The third-order valence-corrected chi connectivity index (χ3v) is 5.12. The second-order valence-electron chi connectivity index (χ2n) is 7.27. The number of carbonyl (C=O) groups excluding carboxylic acids is 1. The summed E-state index contributed by atoms with van der Waals surface area (Å²) in [6.45, 7) is 6.67. The molecule has 0 saturated carbocycles. The van der Waals surface area contributed by atoms with Gasteiger partial charge in [0.2, 0.25) is 0 Å². The highest BCUT2D eigenvalue weighted by Gasteiger charge is 2.15. The summed E-state index contributed by atoms with van der Waals surface area (Å²) in [4.78, 5) is 11.9. The van der Waals surface area contributed by atoms with Crippen LogP contribution in [0.1, 0.15) is 32.7 Å². The second-order valence-corrected chi connectivity index (χ2v) is 7.27. The summed E-state index contributed by atoms with van der Waals surface area (Å²) < 4.78 is 8.02. The summed E-state index contributed by atoms with van der Waals surface area (Å²) in [5, 5.41) is 0. The Morgan fingerprint density at radius 1 is 0.893 bits per heavy atom. The molecule has 3 nitrogen and oxygen atoms in total. The Balaban J connectivity index is 1.72. The van der Waals surface area contributed by atoms with Crippen LogP contribution in [-0.4, -0.2) is 10.7 Å². The number of aldehydes is 1. The fourth-order valence-corrected chi connectivity index (χ4v) is 3.60. The number of hydrogen-bond donors (Lipinski definition) is 0. The van der Waals surface area contributed by atoms with Crippen molar-refractivity contribution >= 4 is 11.8 Å². The lowest BCUT2D eigenvalue weighted by Gasteiger charge is -2.14. The zero-order valence-corrected chi connectivity index (χ0v) is 16.4. The van der Waals surface area contributed by atoms with Crippen molar-refractivity contribution in [2.75, 3.05) is 0 Å². The van der Waals surface area contributed by atoms with Crippen molar-refractivity contribution in [1.29, 1.82) is 0 Å². The minimum atomic E-state index is 0.537. The number of rotatable bonds is 5. The predicted molar refractivity (Wildman–Crippen MR) is 113 cm³/mol. The zero-order chi connectivity index (χ0) is 19.7. The van der Waals surface area contributed by atoms with Gasteiger partial charge in [-0.1, -0.05) is 36.4 Å². The molecule has 0 aliphatic carbocycles. The van der Waals surface area contributed by atoms with E-state index in [1.54, 1.807) is 0 Å². The maximum Gasteiger partial charge on any atom is 0.167 e. The molecule has 0 aliphatic rings. The number of ether oxygens (including phenoxy) is 1. The van der Waals surface area contributed by atoms with Crippen LogP contribution in [0, 0.1) is 20.8 Å². The first-order valence-corrected chi connectivity index (χ1v) is 9.42. The molecule has 140 valence electrons. The third kappa shape index (κ3) is 3.31. The quantitative estimate of drug-likeness (QED) is 0.409. The van der Waals surface area contributed by atoms with Crippen LogP contribution in [0.4, 0.5) is 0 Å². The summed E-state index contributed by atoms with van der Waals surface area (Å²) in [7, 11) is 0. The van der Waals surface area contributed by atoms with E-state index in [0.717, 1.165) is 50.9 Å². The van der Waals surface area contributed by atoms with Crippen LogP contribution < -0.4 is 4.74 Å². The van der Waals surface area contributed by atoms with Crippen LogP contribution in [0.5, 0.6) is 5.75 Å². The fraction of sp³-hybridized carbons (Fsp3) is 0.160. The Kier molecular flexibility index (Phi) is 4.74. The van der Waals surface area contributed by atoms with E-state index in [9.17, 15) is 4.79 Å². The lowest BCUT2D eigenvalue weighted by molar-refractivity contribution is 0.111. The Hall–Kier alpha value is -3.33. The summed E-state index contributed by atoms with van der Waals surface area (Å²) in [6.07, 6.45) is 2.94. The van der Waals surface area contributed by atoms with Gasteiger partial charge in [0.1, 0.15) is 12.4 Å². The molecule has 28 heavy (non-hydrogen) atoms. The zero-order valence-electron chi connectivity index (χ0n) is 16.4. The number of nitrogens with zero attached hydrogens (tertiary/aromatic N) is 1. The van der Waals surface area contributed by atoms with Gasteiger partial charge >= 0.3 is 0 Å². The average Bonchev–Trinajstić information content (AvgIpc) is 3.06. The summed E-state index contributed by atoms with van der Waals surface area (Å²) >= 11 is 0. The van der Waals surface area contributed by atoms with Crippen molar-refractivity contribution in [2.24, 2.45) is 0 Å². The van der Waals surface area contributed by atoms with E-state index in [-0.39, 0.29) is 0 Å². The average molecular weight is 369 g/mol. The van der Waals surface area contributed by atoms with E-state index in [4.69, 9.17) is 4.74 Å². The van der Waals surface area contributed by atoms with Gasteiger partial charge in [0.05, 0.1) is 5.69 Å². The number of hydrogen-bond acceptors (Lipinski definition) is 2. The van der Waals surface area contributed by atoms with Crippen molar-refractivity contribution in [3.05, 3.63) is 94.8 Å². The molecule has 0 unspecified atom stereocenters. The summed E-state index contributed by atoms with van der Waals surface area (Å²) in [5.41, 5.74) is 8.12. The smallest absolute Gasteiger partial charge is 0.167 e. The van der Waals surface area contributed by atoms with Crippen LogP contribution >= 0.6 is 0 Å². The van der Waals surface area contributed by atoms with Gasteiger partial charge in [0.15, 0.2) is 6.29 Å². The number of aryl methyl sites for hydroxylation is 3. The molecule has 0 fully saturated rings. The van der Waals surface area contributed by atoms with Crippen molar-refractivity contribution in [1.82, 2.24) is 4.40 Å². The molecule has 0 bridgehead atoms. The number of benzene rings is 2. The van der Waals surface area contributed by atoms with E-state index < -0.39 is 0 Å². The van der Waals surface area contributed by atoms with E-state index >= 15 is 0 Å². The van der Waals surface area contributed by atoms with E-state index in [0.29, 0.717) is 12.3 Å². The number of pyridine rings is 1. The van der Waals surface area contributed by atoms with Gasteiger partial charge < -0.3 is 9.14 Å². The molecule has 0 aliphatic heterocycles. The molecule has 2 aromatic heterocycles. The van der Waals surface area contributed by atoms with Gasteiger partial charge in [0, 0.05) is 17.3 Å². The van der Waals surface area contributed by atoms with Crippen molar-refractivity contribution < 1.29 is 9.53 Å². The first-order valence-electron chi connectivity index (χ1n) is 9.42. The highest BCUT2D eigenvalue weighted by Crippen LogP contribution is 2.34. The lowest BCUT2D eigenvalue weighted by atomic mass is 9.98. The Morgan fingerprint density at radius 2 is 1.68 bits per heavy atom. The van der Waals surface area contributed by atoms with Crippen LogP contribution in [0.2, 0.25) is 0 Å². The maximum atomic E-state index is 11.9. The molecule has 0 radical (unpaired) electrons. The Bertz CT molecular complexity index is 1160. The van der Waals surface area contributed by atoms with Gasteiger partial charge in [-0.25, -0.2) is 0 Å². The second kappa shape index (κ2) is 7.35. The molecule has 0 atom stereocenters. The number of aromatic nitrogens is 1. The standard InChI is InChI=1S/C25H23NO2/c1-17-9-10-21-13-23(24(15-27)26(21)14-17)22-11-19(3)25(12-18(22)2)28-16-20-7-5-4-6-8-20/h4-15H,16H2,1-3H3. The van der Waals surface area contributed by atoms with Gasteiger partial charge in [-0.3, -0.25) is 4.79 Å². The third-order valence-electron chi connectivity index (χ3n) is 5.12. The van der Waals surface area contributed by atoms with E-state index in [1.807, 2.05) is 48.7 Å². The molecule has 0 saturated heterocycles. The van der Waals surface area contributed by atoms with Crippen LogP contribution in [0.25, 0.3) is 16.6 Å². The molecule has 4 rings (SSSR count). The first kappa shape index (κ1) is 18.1. The highest BCUT2D eigenvalue weighted by atomic mass is 16.5. The number of carbonyl (C=O) groups is 1. The predicted octanol–water partition coefficient (Wildman–Crippen LogP) is 5.92. The fourth-order valence-electron chi connectivity index (χ4n) is 3.60. The normalized spacial score (nSPS) is 11.0. The van der Waals surface area contributed by atoms with Gasteiger partial charge in [-0.15, -0.1) is 0 Å². The molecule has 3 heteroatoms. The van der Waals surface area contributed by atoms with Gasteiger partial charge in [-0.05, 0) is 72.9 Å². The molecule has 4 aromatic rings. The van der Waals surface area contributed by atoms with Crippen LogP contribution in [-0.2, 0) is 6.61 Å². The molecular formula is C25H23NO2. The van der Waals surface area contributed by atoms with E-state index in [1.165, 1.54) is 0 Å². The molecule has 0 N–H and O–H groups in total. The number of fused-ring (bicyclic) bond motifs is 1. The monoisotopic (exact) mass is 369 g/mol. The van der Waals surface area contributed by atoms with Gasteiger partial charge in [-0.2, -0.15) is 0 Å². The summed E-state index contributed by atoms with van der Waals surface area (Å²) in [5.74, 6) is 0.873. The van der Waals surface area contributed by atoms with Gasteiger partial charge in [0.25, 0.3) is 0 Å². The largest absolute Gasteiger partial charge is 0.489 e. The molecule has 0 spiro atoms. The molecule has 2 heterocycles. The Labute approximate surface area is 165 Å². The van der Waals surface area contributed by atoms with Crippen LogP contribution in [0.3, 0.4) is 0 Å².